The van der Waals surface area contributed by atoms with E-state index in [1.54, 1.807) is 11.8 Å². The number of thioether (sulfide) groups is 1. The van der Waals surface area contributed by atoms with Crippen molar-refractivity contribution >= 4 is 35.0 Å². The van der Waals surface area contributed by atoms with Crippen LogP contribution in [-0.2, 0) is 9.59 Å². The number of benzene rings is 2. The molecule has 0 radical (unpaired) electrons. The van der Waals surface area contributed by atoms with Crippen molar-refractivity contribution in [1.82, 2.24) is 0 Å². The number of amides is 2. The summed E-state index contributed by atoms with van der Waals surface area (Å²) < 4.78 is 0. The molecule has 0 unspecified atom stereocenters. The van der Waals surface area contributed by atoms with E-state index in [1.807, 2.05) is 41.3 Å². The Hall–Kier alpha value is -2.27. The summed E-state index contributed by atoms with van der Waals surface area (Å²) in [6.07, 6.45) is 2.45. The van der Waals surface area contributed by atoms with E-state index in [0.29, 0.717) is 18.1 Å². The Kier molecular flexibility index (Phi) is 6.79. The van der Waals surface area contributed by atoms with Gasteiger partial charge < -0.3 is 5.32 Å². The second kappa shape index (κ2) is 9.28. The number of nitrogens with one attached hydrogen (secondary N) is 1. The predicted octanol–water partition coefficient (Wildman–Crippen LogP) is 5.72. The third-order valence-electron chi connectivity index (χ3n) is 4.94. The summed E-state index contributed by atoms with van der Waals surface area (Å²) in [5.41, 5.74) is 4.06. The van der Waals surface area contributed by atoms with E-state index >= 15 is 0 Å². The number of rotatable bonds is 7. The molecule has 1 N–H and O–H groups in total. The highest BCUT2D eigenvalue weighted by atomic mass is 32.2. The van der Waals surface area contributed by atoms with Crippen molar-refractivity contribution in [1.29, 1.82) is 0 Å². The van der Waals surface area contributed by atoms with Crippen LogP contribution in [0.5, 0.6) is 0 Å². The Labute approximate surface area is 171 Å². The van der Waals surface area contributed by atoms with Crippen LogP contribution < -0.4 is 10.2 Å². The van der Waals surface area contributed by atoms with Gasteiger partial charge >= 0.3 is 0 Å². The molecule has 2 amide bonds. The van der Waals surface area contributed by atoms with Crippen LogP contribution in [0.15, 0.2) is 48.5 Å². The fraction of sp³-hybridized carbons (Fsp3) is 0.391. The average Bonchev–Trinajstić information content (AvgIpc) is 3.08. The Morgan fingerprint density at radius 2 is 1.82 bits per heavy atom. The van der Waals surface area contributed by atoms with Crippen molar-refractivity contribution < 1.29 is 9.59 Å². The van der Waals surface area contributed by atoms with Crippen LogP contribution in [0, 0.1) is 0 Å². The SMILES string of the molecule is CCCCC(=O)Nc1ccc([C@H]2SCC(=O)N2c2ccc(C(C)C)cc2)cc1. The van der Waals surface area contributed by atoms with Gasteiger partial charge in [0.1, 0.15) is 5.37 Å². The number of nitrogens with zero attached hydrogens (tertiary/aromatic N) is 1. The van der Waals surface area contributed by atoms with Crippen molar-refractivity contribution in [3.63, 3.8) is 0 Å². The number of hydrogen-bond donors (Lipinski definition) is 1. The highest BCUT2D eigenvalue weighted by molar-refractivity contribution is 8.00. The van der Waals surface area contributed by atoms with Crippen LogP contribution in [-0.4, -0.2) is 17.6 Å². The van der Waals surface area contributed by atoms with E-state index in [1.165, 1.54) is 5.56 Å². The fourth-order valence-electron chi connectivity index (χ4n) is 3.26. The van der Waals surface area contributed by atoms with E-state index in [4.69, 9.17) is 0 Å². The minimum absolute atomic E-state index is 0.0396. The lowest BCUT2D eigenvalue weighted by atomic mass is 10.0. The maximum absolute atomic E-state index is 12.5. The van der Waals surface area contributed by atoms with Gasteiger partial charge in [-0.15, -0.1) is 11.8 Å². The molecular weight excluding hydrogens is 368 g/mol. The Bertz CT molecular complexity index is 816. The largest absolute Gasteiger partial charge is 0.326 e. The molecule has 0 bridgehead atoms. The van der Waals surface area contributed by atoms with Crippen molar-refractivity contribution in [2.45, 2.75) is 51.3 Å². The molecule has 1 aliphatic heterocycles. The standard InChI is InChI=1S/C23H28N2O2S/c1-4-5-6-21(26)24-19-11-7-18(8-12-19)23-25(22(27)15-28-23)20-13-9-17(10-14-20)16(2)3/h7-14,16,23H,4-6,15H2,1-3H3,(H,24,26)/t23-/m1/s1. The summed E-state index contributed by atoms with van der Waals surface area (Å²) in [5.74, 6) is 1.12. The molecule has 1 aliphatic rings. The first-order chi connectivity index (χ1) is 13.5. The zero-order valence-electron chi connectivity index (χ0n) is 16.8. The number of anilines is 2. The molecular formula is C23H28N2O2S. The van der Waals surface area contributed by atoms with Gasteiger partial charge in [0.05, 0.1) is 5.75 Å². The van der Waals surface area contributed by atoms with E-state index in [2.05, 4.69) is 38.2 Å². The van der Waals surface area contributed by atoms with Gasteiger partial charge in [0, 0.05) is 17.8 Å². The van der Waals surface area contributed by atoms with Crippen LogP contribution in [0.4, 0.5) is 11.4 Å². The monoisotopic (exact) mass is 396 g/mol. The molecule has 0 aliphatic carbocycles. The molecule has 2 aromatic rings. The van der Waals surface area contributed by atoms with Crippen LogP contribution in [0.2, 0.25) is 0 Å². The van der Waals surface area contributed by atoms with Crippen molar-refractivity contribution in [2.75, 3.05) is 16.0 Å². The second-order valence-corrected chi connectivity index (χ2v) is 8.52. The molecule has 28 heavy (non-hydrogen) atoms. The Balaban J connectivity index is 1.74. The molecule has 1 atom stereocenters. The first-order valence-corrected chi connectivity index (χ1v) is 11.0. The smallest absolute Gasteiger partial charge is 0.238 e. The first-order valence-electron chi connectivity index (χ1n) is 9.93. The fourth-order valence-corrected chi connectivity index (χ4v) is 4.44. The van der Waals surface area contributed by atoms with Crippen LogP contribution in [0.1, 0.15) is 62.5 Å². The molecule has 1 saturated heterocycles. The van der Waals surface area contributed by atoms with Gasteiger partial charge in [-0.1, -0.05) is 51.5 Å². The van der Waals surface area contributed by atoms with Crippen molar-refractivity contribution in [3.05, 3.63) is 59.7 Å². The topological polar surface area (TPSA) is 49.4 Å². The maximum Gasteiger partial charge on any atom is 0.238 e. The van der Waals surface area contributed by atoms with E-state index in [9.17, 15) is 9.59 Å². The predicted molar refractivity (Wildman–Crippen MR) is 118 cm³/mol. The first kappa shape index (κ1) is 20.5. The Morgan fingerprint density at radius 1 is 1.14 bits per heavy atom. The molecule has 4 nitrogen and oxygen atoms in total. The minimum Gasteiger partial charge on any atom is -0.326 e. The van der Waals surface area contributed by atoms with E-state index in [0.717, 1.165) is 29.8 Å². The summed E-state index contributed by atoms with van der Waals surface area (Å²) >= 11 is 1.64. The summed E-state index contributed by atoms with van der Waals surface area (Å²) in [6.45, 7) is 6.40. The summed E-state index contributed by atoms with van der Waals surface area (Å²) in [5, 5.41) is 2.90. The summed E-state index contributed by atoms with van der Waals surface area (Å²) in [7, 11) is 0. The Morgan fingerprint density at radius 3 is 2.43 bits per heavy atom. The molecule has 0 spiro atoms. The van der Waals surface area contributed by atoms with Gasteiger partial charge in [-0.3, -0.25) is 14.5 Å². The zero-order chi connectivity index (χ0) is 20.1. The third-order valence-corrected chi connectivity index (χ3v) is 6.16. The molecule has 0 saturated carbocycles. The van der Waals surface area contributed by atoms with Gasteiger partial charge in [0.2, 0.25) is 11.8 Å². The lowest BCUT2D eigenvalue weighted by molar-refractivity contribution is -0.116. The highest BCUT2D eigenvalue weighted by Gasteiger charge is 2.34. The second-order valence-electron chi connectivity index (χ2n) is 7.45. The molecule has 0 aromatic heterocycles. The number of carbonyl (C=O) groups is 2. The molecule has 1 fully saturated rings. The summed E-state index contributed by atoms with van der Waals surface area (Å²) in [4.78, 5) is 26.3. The van der Waals surface area contributed by atoms with Gasteiger partial charge in [-0.25, -0.2) is 0 Å². The van der Waals surface area contributed by atoms with E-state index in [-0.39, 0.29) is 17.2 Å². The molecule has 2 aromatic carbocycles. The summed E-state index contributed by atoms with van der Waals surface area (Å²) in [6, 6.07) is 16.1. The van der Waals surface area contributed by atoms with Crippen molar-refractivity contribution in [2.24, 2.45) is 0 Å². The van der Waals surface area contributed by atoms with Crippen molar-refractivity contribution in [3.8, 4) is 0 Å². The number of unbranched alkanes of at least 4 members (excludes halogenated alkanes) is 1. The van der Waals surface area contributed by atoms with Crippen LogP contribution in [0.3, 0.4) is 0 Å². The molecule has 3 rings (SSSR count). The van der Waals surface area contributed by atoms with Crippen LogP contribution >= 0.6 is 11.8 Å². The van der Waals surface area contributed by atoms with Gasteiger partial charge in [0.25, 0.3) is 0 Å². The van der Waals surface area contributed by atoms with Gasteiger partial charge in [-0.05, 0) is 47.7 Å². The normalized spacial score (nSPS) is 16.6. The lowest BCUT2D eigenvalue weighted by Gasteiger charge is -2.25. The van der Waals surface area contributed by atoms with Gasteiger partial charge in [0.15, 0.2) is 0 Å². The number of hydrogen-bond acceptors (Lipinski definition) is 3. The zero-order valence-corrected chi connectivity index (χ0v) is 17.6. The minimum atomic E-state index is -0.0396. The lowest BCUT2D eigenvalue weighted by Crippen LogP contribution is -2.27. The van der Waals surface area contributed by atoms with Crippen LogP contribution in [0.25, 0.3) is 0 Å². The quantitative estimate of drug-likeness (QED) is 0.651. The molecule has 5 heteroatoms. The maximum atomic E-state index is 12.5. The highest BCUT2D eigenvalue weighted by Crippen LogP contribution is 2.42. The molecule has 1 heterocycles. The van der Waals surface area contributed by atoms with E-state index < -0.39 is 0 Å². The van der Waals surface area contributed by atoms with Gasteiger partial charge in [-0.2, -0.15) is 0 Å². The third kappa shape index (κ3) is 4.76. The molecule has 148 valence electrons. The average molecular weight is 397 g/mol. The number of carbonyl (C=O) groups excluding carboxylic acids is 2.